The zero-order valence-corrected chi connectivity index (χ0v) is 10.9. The number of rotatable bonds is 2. The quantitative estimate of drug-likeness (QED) is 0.784. The van der Waals surface area contributed by atoms with Gasteiger partial charge in [-0.3, -0.25) is 9.69 Å². The fourth-order valence-electron chi connectivity index (χ4n) is 2.09. The first kappa shape index (κ1) is 11.6. The van der Waals surface area contributed by atoms with Gasteiger partial charge >= 0.3 is 0 Å². The lowest BCUT2D eigenvalue weighted by atomic mass is 10.0. The minimum atomic E-state index is 0.186. The maximum atomic E-state index is 11.7. The maximum Gasteiger partial charge on any atom is 0.236 e. The van der Waals surface area contributed by atoms with Crippen molar-refractivity contribution in [1.82, 2.24) is 9.80 Å². The van der Waals surface area contributed by atoms with Gasteiger partial charge in [-0.1, -0.05) is 0 Å². The fourth-order valence-corrected chi connectivity index (χ4v) is 3.06. The first-order valence-electron chi connectivity index (χ1n) is 5.60. The van der Waals surface area contributed by atoms with E-state index in [0.29, 0.717) is 12.6 Å². The SMILES string of the molecule is CC1c2ccsc2CCN1CC(=O)N(C)C. The zero-order valence-electron chi connectivity index (χ0n) is 10.1. The number of carbonyl (C=O) groups excluding carboxylic acids is 1. The van der Waals surface area contributed by atoms with E-state index in [1.807, 2.05) is 25.4 Å². The average molecular weight is 238 g/mol. The topological polar surface area (TPSA) is 23.6 Å². The Balaban J connectivity index is 2.07. The summed E-state index contributed by atoms with van der Waals surface area (Å²) in [5.41, 5.74) is 1.41. The van der Waals surface area contributed by atoms with E-state index in [2.05, 4.69) is 23.3 Å². The van der Waals surface area contributed by atoms with E-state index in [4.69, 9.17) is 0 Å². The van der Waals surface area contributed by atoms with Crippen molar-refractivity contribution < 1.29 is 4.79 Å². The number of carbonyl (C=O) groups is 1. The largest absolute Gasteiger partial charge is 0.348 e. The highest BCUT2D eigenvalue weighted by molar-refractivity contribution is 7.10. The van der Waals surface area contributed by atoms with Crippen LogP contribution in [0.25, 0.3) is 0 Å². The van der Waals surface area contributed by atoms with Gasteiger partial charge in [0, 0.05) is 31.6 Å². The summed E-state index contributed by atoms with van der Waals surface area (Å²) in [6.45, 7) is 3.71. The predicted octanol–water partition coefficient (Wildman–Crippen LogP) is 1.76. The van der Waals surface area contributed by atoms with E-state index in [9.17, 15) is 4.79 Å². The third-order valence-corrected chi connectivity index (χ3v) is 4.24. The van der Waals surface area contributed by atoms with Crippen molar-refractivity contribution >= 4 is 17.2 Å². The number of likely N-dealkylation sites (N-methyl/N-ethyl adjacent to an activating group) is 1. The third kappa shape index (κ3) is 2.13. The van der Waals surface area contributed by atoms with Crippen molar-refractivity contribution in [2.45, 2.75) is 19.4 Å². The van der Waals surface area contributed by atoms with Crippen molar-refractivity contribution in [3.63, 3.8) is 0 Å². The number of hydrogen-bond donors (Lipinski definition) is 0. The van der Waals surface area contributed by atoms with Gasteiger partial charge in [-0.2, -0.15) is 0 Å². The molecule has 1 aromatic heterocycles. The number of nitrogens with zero attached hydrogens (tertiary/aromatic N) is 2. The highest BCUT2D eigenvalue weighted by atomic mass is 32.1. The second-order valence-corrected chi connectivity index (χ2v) is 5.48. The van der Waals surface area contributed by atoms with E-state index in [1.54, 1.807) is 4.90 Å². The lowest BCUT2D eigenvalue weighted by Gasteiger charge is -2.33. The average Bonchev–Trinajstić information content (AvgIpc) is 2.70. The molecule has 0 spiro atoms. The molecule has 0 aliphatic carbocycles. The van der Waals surface area contributed by atoms with E-state index < -0.39 is 0 Å². The number of thiophene rings is 1. The lowest BCUT2D eigenvalue weighted by Crippen LogP contribution is -2.41. The predicted molar refractivity (Wildman–Crippen MR) is 66.7 cm³/mol. The van der Waals surface area contributed by atoms with Gasteiger partial charge in [-0.25, -0.2) is 0 Å². The highest BCUT2D eigenvalue weighted by Gasteiger charge is 2.26. The van der Waals surface area contributed by atoms with Crippen LogP contribution in [-0.2, 0) is 11.2 Å². The lowest BCUT2D eigenvalue weighted by molar-refractivity contribution is -0.130. The molecule has 3 nitrogen and oxygen atoms in total. The summed E-state index contributed by atoms with van der Waals surface area (Å²) in [5, 5.41) is 2.15. The Morgan fingerprint density at radius 2 is 2.38 bits per heavy atom. The first-order valence-corrected chi connectivity index (χ1v) is 6.48. The van der Waals surface area contributed by atoms with Crippen LogP contribution in [0.15, 0.2) is 11.4 Å². The van der Waals surface area contributed by atoms with Gasteiger partial charge in [0.05, 0.1) is 6.54 Å². The molecular weight excluding hydrogens is 220 g/mol. The van der Waals surface area contributed by atoms with Gasteiger partial charge in [0.15, 0.2) is 0 Å². The Hall–Kier alpha value is -0.870. The Morgan fingerprint density at radius 3 is 3.06 bits per heavy atom. The van der Waals surface area contributed by atoms with E-state index >= 15 is 0 Å². The van der Waals surface area contributed by atoms with E-state index in [-0.39, 0.29) is 5.91 Å². The fraction of sp³-hybridized carbons (Fsp3) is 0.583. The molecule has 1 aliphatic rings. The summed E-state index contributed by atoms with van der Waals surface area (Å²) in [6.07, 6.45) is 1.08. The van der Waals surface area contributed by atoms with Crippen molar-refractivity contribution in [1.29, 1.82) is 0 Å². The van der Waals surface area contributed by atoms with Crippen molar-refractivity contribution in [3.05, 3.63) is 21.9 Å². The van der Waals surface area contributed by atoms with Crippen LogP contribution >= 0.6 is 11.3 Å². The molecule has 0 aromatic carbocycles. The molecule has 0 bridgehead atoms. The van der Waals surface area contributed by atoms with Gasteiger partial charge < -0.3 is 4.90 Å². The summed E-state index contributed by atoms with van der Waals surface area (Å²) in [6, 6.07) is 2.57. The Morgan fingerprint density at radius 1 is 1.62 bits per heavy atom. The molecule has 0 saturated carbocycles. The molecule has 4 heteroatoms. The molecule has 2 heterocycles. The Kier molecular flexibility index (Phi) is 3.30. The Bertz CT molecular complexity index is 386. The zero-order chi connectivity index (χ0) is 11.7. The van der Waals surface area contributed by atoms with Crippen molar-refractivity contribution in [3.8, 4) is 0 Å². The molecule has 0 saturated heterocycles. The monoisotopic (exact) mass is 238 g/mol. The molecule has 0 N–H and O–H groups in total. The van der Waals surface area contributed by atoms with Crippen molar-refractivity contribution in [2.75, 3.05) is 27.2 Å². The molecule has 1 aromatic rings. The minimum absolute atomic E-state index is 0.186. The van der Waals surface area contributed by atoms with Gasteiger partial charge in [0.2, 0.25) is 5.91 Å². The molecule has 1 unspecified atom stereocenters. The van der Waals surface area contributed by atoms with Crippen LogP contribution in [0, 0.1) is 0 Å². The van der Waals surface area contributed by atoms with Crippen LogP contribution in [0.3, 0.4) is 0 Å². The summed E-state index contributed by atoms with van der Waals surface area (Å²) in [4.78, 5) is 17.1. The van der Waals surface area contributed by atoms with Crippen LogP contribution in [0.5, 0.6) is 0 Å². The third-order valence-electron chi connectivity index (χ3n) is 3.24. The maximum absolute atomic E-state index is 11.7. The van der Waals surface area contributed by atoms with E-state index in [1.165, 1.54) is 10.4 Å². The van der Waals surface area contributed by atoms with Crippen LogP contribution in [0.2, 0.25) is 0 Å². The van der Waals surface area contributed by atoms with E-state index in [0.717, 1.165) is 13.0 Å². The highest BCUT2D eigenvalue weighted by Crippen LogP contribution is 2.32. The number of hydrogen-bond acceptors (Lipinski definition) is 3. The van der Waals surface area contributed by atoms with Gasteiger partial charge in [0.1, 0.15) is 0 Å². The molecule has 88 valence electrons. The summed E-state index contributed by atoms with van der Waals surface area (Å²) in [5.74, 6) is 0.186. The molecule has 1 atom stereocenters. The van der Waals surface area contributed by atoms with Crippen LogP contribution in [0.4, 0.5) is 0 Å². The molecule has 16 heavy (non-hydrogen) atoms. The number of amides is 1. The molecule has 1 aliphatic heterocycles. The Labute approximate surface area is 101 Å². The van der Waals surface area contributed by atoms with Crippen LogP contribution in [0.1, 0.15) is 23.4 Å². The van der Waals surface area contributed by atoms with Crippen molar-refractivity contribution in [2.24, 2.45) is 0 Å². The smallest absolute Gasteiger partial charge is 0.236 e. The second kappa shape index (κ2) is 4.55. The molecule has 0 fully saturated rings. The summed E-state index contributed by atoms with van der Waals surface area (Å²) < 4.78 is 0. The second-order valence-electron chi connectivity index (χ2n) is 4.48. The van der Waals surface area contributed by atoms with Gasteiger partial charge in [0.25, 0.3) is 0 Å². The standard InChI is InChI=1S/C12H18N2OS/c1-9-10-5-7-16-11(10)4-6-14(9)8-12(15)13(2)3/h5,7,9H,4,6,8H2,1-3H3. The molecular formula is C12H18N2OS. The van der Waals surface area contributed by atoms with Gasteiger partial charge in [-0.15, -0.1) is 11.3 Å². The van der Waals surface area contributed by atoms with Gasteiger partial charge in [-0.05, 0) is 30.4 Å². The first-order chi connectivity index (χ1) is 7.59. The minimum Gasteiger partial charge on any atom is -0.348 e. The van der Waals surface area contributed by atoms with Crippen LogP contribution < -0.4 is 0 Å². The van der Waals surface area contributed by atoms with Crippen LogP contribution in [-0.4, -0.2) is 42.9 Å². The summed E-state index contributed by atoms with van der Waals surface area (Å²) in [7, 11) is 3.62. The molecule has 1 amide bonds. The summed E-state index contributed by atoms with van der Waals surface area (Å²) >= 11 is 1.83. The number of fused-ring (bicyclic) bond motifs is 1. The normalized spacial score (nSPS) is 20.6. The molecule has 2 rings (SSSR count). The molecule has 0 radical (unpaired) electrons.